The maximum absolute atomic E-state index is 12.5. The summed E-state index contributed by atoms with van der Waals surface area (Å²) in [4.78, 5) is 12.5. The highest BCUT2D eigenvalue weighted by Crippen LogP contribution is 2.29. The fourth-order valence-corrected chi connectivity index (χ4v) is 2.56. The van der Waals surface area contributed by atoms with E-state index in [2.05, 4.69) is 0 Å². The minimum Gasteiger partial charge on any atom is -0.495 e. The maximum atomic E-state index is 12.5. The number of carbonyl (C=O) groups excluding carboxylic acids is 1. The van der Waals surface area contributed by atoms with Crippen LogP contribution in [0.25, 0.3) is 0 Å². The summed E-state index contributed by atoms with van der Waals surface area (Å²) in [6, 6.07) is 10.6. The zero-order valence-electron chi connectivity index (χ0n) is 11.0. The molecule has 0 saturated carbocycles. The van der Waals surface area contributed by atoms with Crippen LogP contribution in [-0.2, 0) is 6.42 Å². The van der Waals surface area contributed by atoms with Gasteiger partial charge in [-0.15, -0.1) is 0 Å². The molecule has 1 heterocycles. The second-order valence-corrected chi connectivity index (χ2v) is 5.01. The Morgan fingerprint density at radius 1 is 1.20 bits per heavy atom. The first kappa shape index (κ1) is 13.0. The van der Waals surface area contributed by atoms with Crippen molar-refractivity contribution in [1.29, 1.82) is 0 Å². The highest BCUT2D eigenvalue weighted by atomic mass is 35.5. The molecule has 102 valence electrons. The molecule has 0 amide bonds. The maximum Gasteiger partial charge on any atom is 0.193 e. The van der Waals surface area contributed by atoms with Gasteiger partial charge in [0.05, 0.1) is 18.7 Å². The summed E-state index contributed by atoms with van der Waals surface area (Å²) in [5.74, 6) is 1.38. The van der Waals surface area contributed by atoms with Gasteiger partial charge in [-0.1, -0.05) is 11.6 Å². The van der Waals surface area contributed by atoms with E-state index in [1.54, 1.807) is 31.4 Å². The highest BCUT2D eigenvalue weighted by Gasteiger charge is 2.16. The molecule has 0 bridgehead atoms. The normalized spacial score (nSPS) is 12.7. The number of ketones is 1. The van der Waals surface area contributed by atoms with Crippen LogP contribution in [0.2, 0.25) is 5.02 Å². The number of fused-ring (bicyclic) bond motifs is 1. The SMILES string of the molecule is COc1ccc(C(=O)c2ccc3c(c2)CCO3)cc1Cl. The third kappa shape index (κ3) is 2.25. The molecule has 20 heavy (non-hydrogen) atoms. The average molecular weight is 289 g/mol. The van der Waals surface area contributed by atoms with E-state index in [-0.39, 0.29) is 5.78 Å². The van der Waals surface area contributed by atoms with Crippen molar-refractivity contribution in [2.75, 3.05) is 13.7 Å². The van der Waals surface area contributed by atoms with Crippen LogP contribution < -0.4 is 9.47 Å². The molecule has 0 N–H and O–H groups in total. The van der Waals surface area contributed by atoms with Gasteiger partial charge in [0.1, 0.15) is 11.5 Å². The number of carbonyl (C=O) groups is 1. The lowest BCUT2D eigenvalue weighted by Gasteiger charge is -2.07. The van der Waals surface area contributed by atoms with Crippen LogP contribution in [0.4, 0.5) is 0 Å². The Balaban J connectivity index is 1.94. The molecule has 0 unspecified atom stereocenters. The monoisotopic (exact) mass is 288 g/mol. The average Bonchev–Trinajstić information content (AvgIpc) is 2.93. The van der Waals surface area contributed by atoms with Crippen molar-refractivity contribution in [1.82, 2.24) is 0 Å². The van der Waals surface area contributed by atoms with Gasteiger partial charge >= 0.3 is 0 Å². The van der Waals surface area contributed by atoms with Crippen LogP contribution in [0.1, 0.15) is 21.5 Å². The first-order valence-corrected chi connectivity index (χ1v) is 6.71. The van der Waals surface area contributed by atoms with Crippen molar-refractivity contribution in [2.24, 2.45) is 0 Å². The van der Waals surface area contributed by atoms with E-state index in [1.807, 2.05) is 12.1 Å². The van der Waals surface area contributed by atoms with Crippen LogP contribution in [0, 0.1) is 0 Å². The largest absolute Gasteiger partial charge is 0.495 e. The molecular formula is C16H13ClO3. The number of hydrogen-bond donors (Lipinski definition) is 0. The van der Waals surface area contributed by atoms with Crippen molar-refractivity contribution in [3.63, 3.8) is 0 Å². The van der Waals surface area contributed by atoms with E-state index in [9.17, 15) is 4.79 Å². The van der Waals surface area contributed by atoms with E-state index >= 15 is 0 Å². The van der Waals surface area contributed by atoms with Gasteiger partial charge in [0, 0.05) is 17.5 Å². The predicted octanol–water partition coefficient (Wildman–Crippen LogP) is 3.51. The Hall–Kier alpha value is -2.00. The lowest BCUT2D eigenvalue weighted by atomic mass is 10.0. The van der Waals surface area contributed by atoms with Gasteiger partial charge in [-0.25, -0.2) is 0 Å². The second-order valence-electron chi connectivity index (χ2n) is 4.60. The van der Waals surface area contributed by atoms with E-state index in [4.69, 9.17) is 21.1 Å². The molecule has 0 aromatic heterocycles. The fourth-order valence-electron chi connectivity index (χ4n) is 2.30. The van der Waals surface area contributed by atoms with E-state index < -0.39 is 0 Å². The fraction of sp³-hybridized carbons (Fsp3) is 0.188. The number of methoxy groups -OCH3 is 1. The topological polar surface area (TPSA) is 35.5 Å². The lowest BCUT2D eigenvalue weighted by molar-refractivity contribution is 0.103. The Morgan fingerprint density at radius 2 is 1.95 bits per heavy atom. The van der Waals surface area contributed by atoms with Crippen LogP contribution in [-0.4, -0.2) is 19.5 Å². The first-order chi connectivity index (χ1) is 9.69. The van der Waals surface area contributed by atoms with Crippen molar-refractivity contribution >= 4 is 17.4 Å². The van der Waals surface area contributed by atoms with Gasteiger partial charge in [-0.3, -0.25) is 4.79 Å². The summed E-state index contributed by atoms with van der Waals surface area (Å²) in [6.45, 7) is 0.682. The standard InChI is InChI=1S/C16H13ClO3/c1-19-15-5-3-12(9-13(15)17)16(18)11-2-4-14-10(8-11)6-7-20-14/h2-5,8-9H,6-7H2,1H3. The van der Waals surface area contributed by atoms with E-state index in [0.717, 1.165) is 17.7 Å². The molecule has 0 fully saturated rings. The van der Waals surface area contributed by atoms with E-state index in [0.29, 0.717) is 28.5 Å². The Labute approximate surface area is 122 Å². The smallest absolute Gasteiger partial charge is 0.193 e. The summed E-state index contributed by atoms with van der Waals surface area (Å²) in [6.07, 6.45) is 0.847. The third-order valence-electron chi connectivity index (χ3n) is 3.37. The van der Waals surface area contributed by atoms with E-state index in [1.165, 1.54) is 0 Å². The number of hydrogen-bond acceptors (Lipinski definition) is 3. The first-order valence-electron chi connectivity index (χ1n) is 6.33. The molecule has 0 atom stereocenters. The Kier molecular flexibility index (Phi) is 3.36. The molecule has 0 radical (unpaired) electrons. The van der Waals surface area contributed by atoms with Gasteiger partial charge < -0.3 is 9.47 Å². The molecule has 3 rings (SSSR count). The third-order valence-corrected chi connectivity index (χ3v) is 3.66. The number of halogens is 1. The molecular weight excluding hydrogens is 276 g/mol. The van der Waals surface area contributed by atoms with Gasteiger partial charge in [-0.2, -0.15) is 0 Å². The molecule has 2 aromatic rings. The van der Waals surface area contributed by atoms with Crippen LogP contribution in [0.5, 0.6) is 11.5 Å². The number of benzene rings is 2. The van der Waals surface area contributed by atoms with Crippen LogP contribution in [0.15, 0.2) is 36.4 Å². The number of ether oxygens (including phenoxy) is 2. The minimum atomic E-state index is -0.0516. The van der Waals surface area contributed by atoms with Gasteiger partial charge in [-0.05, 0) is 42.0 Å². The molecule has 0 saturated heterocycles. The minimum absolute atomic E-state index is 0.0516. The van der Waals surface area contributed by atoms with Crippen molar-refractivity contribution in [3.8, 4) is 11.5 Å². The zero-order valence-corrected chi connectivity index (χ0v) is 11.7. The Morgan fingerprint density at radius 3 is 2.70 bits per heavy atom. The molecule has 0 aliphatic carbocycles. The van der Waals surface area contributed by atoms with Crippen molar-refractivity contribution in [3.05, 3.63) is 58.1 Å². The van der Waals surface area contributed by atoms with Crippen LogP contribution >= 0.6 is 11.6 Å². The van der Waals surface area contributed by atoms with Gasteiger partial charge in [0.25, 0.3) is 0 Å². The number of rotatable bonds is 3. The predicted molar refractivity (Wildman–Crippen MR) is 77.1 cm³/mol. The molecule has 3 nitrogen and oxygen atoms in total. The Bertz CT molecular complexity index is 679. The molecule has 0 spiro atoms. The van der Waals surface area contributed by atoms with Gasteiger partial charge in [0.2, 0.25) is 0 Å². The van der Waals surface area contributed by atoms with Crippen molar-refractivity contribution < 1.29 is 14.3 Å². The van der Waals surface area contributed by atoms with Crippen molar-refractivity contribution in [2.45, 2.75) is 6.42 Å². The zero-order chi connectivity index (χ0) is 14.1. The lowest BCUT2D eigenvalue weighted by Crippen LogP contribution is -2.02. The summed E-state index contributed by atoms with van der Waals surface area (Å²) in [7, 11) is 1.54. The molecule has 1 aliphatic heterocycles. The highest BCUT2D eigenvalue weighted by molar-refractivity contribution is 6.32. The summed E-state index contributed by atoms with van der Waals surface area (Å²) in [5, 5.41) is 0.433. The summed E-state index contributed by atoms with van der Waals surface area (Å²) >= 11 is 6.06. The second kappa shape index (κ2) is 5.17. The summed E-state index contributed by atoms with van der Waals surface area (Å²) < 4.78 is 10.5. The molecule has 2 aromatic carbocycles. The van der Waals surface area contributed by atoms with Gasteiger partial charge in [0.15, 0.2) is 5.78 Å². The quantitative estimate of drug-likeness (QED) is 0.811. The molecule has 1 aliphatic rings. The molecule has 4 heteroatoms. The van der Waals surface area contributed by atoms with Crippen LogP contribution in [0.3, 0.4) is 0 Å². The summed E-state index contributed by atoms with van der Waals surface area (Å²) in [5.41, 5.74) is 2.28.